The number of sulfone groups is 1. The molecule has 2 radical (unpaired) electrons. The number of anilines is 1. The minimum Gasteiger partial charge on any atom is -0.489 e. The lowest BCUT2D eigenvalue weighted by Crippen LogP contribution is -2.27. The molecule has 0 aliphatic heterocycles. The zero-order valence-electron chi connectivity index (χ0n) is 15.6. The molecule has 1 saturated carbocycles. The zero-order valence-corrected chi connectivity index (χ0v) is 16.4. The van der Waals surface area contributed by atoms with E-state index in [0.29, 0.717) is 17.3 Å². The molecule has 6 nitrogen and oxygen atoms in total. The summed E-state index contributed by atoms with van der Waals surface area (Å²) in [6, 6.07) is 10.8. The van der Waals surface area contributed by atoms with Crippen LogP contribution in [-0.2, 0) is 16.4 Å². The second-order valence-electron chi connectivity index (χ2n) is 7.11. The smallest absolute Gasteiger partial charge is 0.175 e. The molecule has 0 unspecified atom stereocenters. The number of hydrogen-bond acceptors (Lipinski definition) is 6. The molecule has 8 heteroatoms. The molecule has 1 aromatic heterocycles. The van der Waals surface area contributed by atoms with Crippen molar-refractivity contribution in [2.75, 3.05) is 11.6 Å². The fraction of sp³-hybridized carbons (Fsp3) is 0.300. The van der Waals surface area contributed by atoms with Gasteiger partial charge in [-0.2, -0.15) is 0 Å². The van der Waals surface area contributed by atoms with Crippen LogP contribution in [0.1, 0.15) is 24.8 Å². The van der Waals surface area contributed by atoms with E-state index in [1.807, 2.05) is 12.1 Å². The van der Waals surface area contributed by atoms with E-state index in [9.17, 15) is 8.42 Å². The standard InChI is InChI=1S/C20H20BN3O3S/c1-28(25,26)15-7-2-4-13(8-15)11-27-19-10-18-16(9-17(19)21)20(23-12-22-18)24-14-5-3-6-14/h2,4,7-10,12,14H,3,5-6,11H2,1H3,(H,22,23,24). The highest BCUT2D eigenvalue weighted by Crippen LogP contribution is 2.27. The van der Waals surface area contributed by atoms with Crippen LogP contribution in [0.2, 0.25) is 0 Å². The van der Waals surface area contributed by atoms with E-state index in [1.54, 1.807) is 24.3 Å². The average molecular weight is 393 g/mol. The largest absolute Gasteiger partial charge is 0.489 e. The lowest BCUT2D eigenvalue weighted by molar-refractivity contribution is 0.309. The molecule has 1 aliphatic rings. The highest BCUT2D eigenvalue weighted by Gasteiger charge is 2.19. The SMILES string of the molecule is [B]c1cc2c(NC3CCC3)ncnc2cc1OCc1cccc(S(C)(=O)=O)c1. The van der Waals surface area contributed by atoms with Crippen LogP contribution in [0.3, 0.4) is 0 Å². The number of fused-ring (bicyclic) bond motifs is 1. The Morgan fingerprint density at radius 2 is 2.04 bits per heavy atom. The molecule has 0 spiro atoms. The van der Waals surface area contributed by atoms with Crippen molar-refractivity contribution in [3.63, 3.8) is 0 Å². The Morgan fingerprint density at radius 1 is 1.21 bits per heavy atom. The van der Waals surface area contributed by atoms with Gasteiger partial charge in [0, 0.05) is 23.8 Å². The summed E-state index contributed by atoms with van der Waals surface area (Å²) in [5, 5.41) is 4.30. The number of rotatable bonds is 6. The molecule has 1 aliphatic carbocycles. The highest BCUT2D eigenvalue weighted by atomic mass is 32.2. The van der Waals surface area contributed by atoms with Crippen molar-refractivity contribution in [3.05, 3.63) is 48.3 Å². The summed E-state index contributed by atoms with van der Waals surface area (Å²) in [6.45, 7) is 0.206. The molecule has 1 heterocycles. The maximum atomic E-state index is 11.7. The number of ether oxygens (including phenoxy) is 1. The molecule has 0 bridgehead atoms. The summed E-state index contributed by atoms with van der Waals surface area (Å²) in [4.78, 5) is 8.94. The Morgan fingerprint density at radius 3 is 2.75 bits per heavy atom. The summed E-state index contributed by atoms with van der Waals surface area (Å²) in [5.41, 5.74) is 1.97. The van der Waals surface area contributed by atoms with Crippen molar-refractivity contribution in [1.29, 1.82) is 0 Å². The summed E-state index contributed by atoms with van der Waals surface area (Å²) in [7, 11) is 2.93. The van der Waals surface area contributed by atoms with E-state index in [-0.39, 0.29) is 11.5 Å². The zero-order chi connectivity index (χ0) is 19.7. The van der Waals surface area contributed by atoms with Gasteiger partial charge < -0.3 is 10.1 Å². The molecule has 2 aromatic carbocycles. The first-order valence-corrected chi connectivity index (χ1v) is 11.0. The van der Waals surface area contributed by atoms with Crippen molar-refractivity contribution >= 4 is 39.9 Å². The number of aromatic nitrogens is 2. The number of nitrogens with zero attached hydrogens (tertiary/aromatic N) is 2. The van der Waals surface area contributed by atoms with Gasteiger partial charge in [-0.05, 0) is 37.0 Å². The highest BCUT2D eigenvalue weighted by molar-refractivity contribution is 7.90. The van der Waals surface area contributed by atoms with E-state index in [1.165, 1.54) is 19.0 Å². The summed E-state index contributed by atoms with van der Waals surface area (Å²) in [6.07, 6.45) is 6.24. The molecule has 0 atom stereocenters. The third-order valence-corrected chi connectivity index (χ3v) is 6.04. The Hall–Kier alpha value is -2.61. The fourth-order valence-corrected chi connectivity index (χ4v) is 3.80. The van der Waals surface area contributed by atoms with E-state index in [4.69, 9.17) is 12.6 Å². The third-order valence-electron chi connectivity index (χ3n) is 4.93. The van der Waals surface area contributed by atoms with Crippen molar-refractivity contribution in [2.45, 2.75) is 36.8 Å². The van der Waals surface area contributed by atoms with Gasteiger partial charge >= 0.3 is 0 Å². The van der Waals surface area contributed by atoms with E-state index >= 15 is 0 Å². The van der Waals surface area contributed by atoms with Crippen LogP contribution in [0.15, 0.2) is 47.6 Å². The van der Waals surface area contributed by atoms with Crippen LogP contribution in [0, 0.1) is 0 Å². The van der Waals surface area contributed by atoms with Crippen LogP contribution in [-0.4, -0.2) is 38.5 Å². The predicted octanol–water partition coefficient (Wildman–Crippen LogP) is 2.37. The second-order valence-corrected chi connectivity index (χ2v) is 9.13. The van der Waals surface area contributed by atoms with Crippen molar-refractivity contribution in [2.24, 2.45) is 0 Å². The topological polar surface area (TPSA) is 81.2 Å². The van der Waals surface area contributed by atoms with E-state index in [2.05, 4.69) is 15.3 Å². The van der Waals surface area contributed by atoms with Gasteiger partial charge in [0.1, 0.15) is 32.3 Å². The number of nitrogens with one attached hydrogen (secondary N) is 1. The summed E-state index contributed by atoms with van der Waals surface area (Å²) < 4.78 is 29.3. The predicted molar refractivity (Wildman–Crippen MR) is 110 cm³/mol. The average Bonchev–Trinajstić information content (AvgIpc) is 2.63. The van der Waals surface area contributed by atoms with Crippen LogP contribution < -0.4 is 15.5 Å². The Labute approximate surface area is 165 Å². The van der Waals surface area contributed by atoms with Crippen LogP contribution in [0.25, 0.3) is 10.9 Å². The van der Waals surface area contributed by atoms with Crippen LogP contribution >= 0.6 is 0 Å². The van der Waals surface area contributed by atoms with Gasteiger partial charge in [0.15, 0.2) is 9.84 Å². The molecule has 3 aromatic rings. The fourth-order valence-electron chi connectivity index (χ4n) is 3.11. The van der Waals surface area contributed by atoms with Crippen molar-refractivity contribution in [3.8, 4) is 5.75 Å². The molecule has 0 amide bonds. The normalized spacial score (nSPS) is 14.6. The third kappa shape index (κ3) is 3.97. The Bertz CT molecular complexity index is 1130. The van der Waals surface area contributed by atoms with E-state index in [0.717, 1.165) is 35.1 Å². The van der Waals surface area contributed by atoms with Gasteiger partial charge in [0.25, 0.3) is 0 Å². The molecular weight excluding hydrogens is 373 g/mol. The first-order valence-electron chi connectivity index (χ1n) is 9.13. The van der Waals surface area contributed by atoms with Crippen LogP contribution in [0.5, 0.6) is 5.75 Å². The lowest BCUT2D eigenvalue weighted by atomic mass is 9.92. The van der Waals surface area contributed by atoms with Gasteiger partial charge in [-0.15, -0.1) is 0 Å². The quantitative estimate of drug-likeness (QED) is 0.648. The molecule has 0 saturated heterocycles. The molecule has 28 heavy (non-hydrogen) atoms. The Kier molecular flexibility index (Phi) is 4.97. The summed E-state index contributed by atoms with van der Waals surface area (Å²) in [5.74, 6) is 1.29. The number of benzene rings is 2. The van der Waals surface area contributed by atoms with Crippen molar-refractivity contribution < 1.29 is 13.2 Å². The monoisotopic (exact) mass is 393 g/mol. The first-order chi connectivity index (χ1) is 13.4. The maximum absolute atomic E-state index is 11.7. The first kappa shape index (κ1) is 18.7. The van der Waals surface area contributed by atoms with Gasteiger partial charge in [0.05, 0.1) is 10.4 Å². The molecule has 142 valence electrons. The van der Waals surface area contributed by atoms with Crippen LogP contribution in [0.4, 0.5) is 5.82 Å². The second kappa shape index (κ2) is 7.43. The van der Waals surface area contributed by atoms with Gasteiger partial charge in [-0.1, -0.05) is 23.7 Å². The molecule has 1 fully saturated rings. The van der Waals surface area contributed by atoms with Gasteiger partial charge in [-0.3, -0.25) is 0 Å². The summed E-state index contributed by atoms with van der Waals surface area (Å²) >= 11 is 0. The minimum atomic E-state index is -3.26. The lowest BCUT2D eigenvalue weighted by Gasteiger charge is -2.27. The Balaban J connectivity index is 1.57. The molecular formula is C20H20BN3O3S. The number of hydrogen-bond donors (Lipinski definition) is 1. The van der Waals surface area contributed by atoms with Gasteiger partial charge in [0.2, 0.25) is 0 Å². The van der Waals surface area contributed by atoms with E-state index < -0.39 is 9.84 Å². The molecule has 4 rings (SSSR count). The maximum Gasteiger partial charge on any atom is 0.175 e. The molecule has 1 N–H and O–H groups in total. The van der Waals surface area contributed by atoms with Crippen molar-refractivity contribution in [1.82, 2.24) is 9.97 Å². The minimum absolute atomic E-state index is 0.206. The van der Waals surface area contributed by atoms with Gasteiger partial charge in [-0.25, -0.2) is 18.4 Å².